The first kappa shape index (κ1) is 20.1. The lowest BCUT2D eigenvalue weighted by atomic mass is 9.80. The van der Waals surface area contributed by atoms with Gasteiger partial charge >= 0.3 is 0 Å². The van der Waals surface area contributed by atoms with Gasteiger partial charge in [0.15, 0.2) is 0 Å². The van der Waals surface area contributed by atoms with E-state index in [0.717, 1.165) is 36.3 Å². The topological polar surface area (TPSA) is 73.5 Å². The average Bonchev–Trinajstić information content (AvgIpc) is 3.22. The summed E-state index contributed by atoms with van der Waals surface area (Å²) in [7, 11) is 4.08. The number of hydrogen-bond donors (Lipinski definition) is 2. The third-order valence-corrected chi connectivity index (χ3v) is 6.02. The van der Waals surface area contributed by atoms with Gasteiger partial charge in [0.25, 0.3) is 0 Å². The number of benzene rings is 1. The van der Waals surface area contributed by atoms with E-state index < -0.39 is 0 Å². The van der Waals surface area contributed by atoms with Gasteiger partial charge in [0.1, 0.15) is 0 Å². The van der Waals surface area contributed by atoms with Crippen molar-refractivity contribution in [3.8, 4) is 0 Å². The molecule has 0 aliphatic carbocycles. The normalized spacial score (nSPS) is 20.6. The van der Waals surface area contributed by atoms with E-state index >= 15 is 0 Å². The zero-order chi connectivity index (χ0) is 20.3. The van der Waals surface area contributed by atoms with Crippen LogP contribution in [-0.4, -0.2) is 72.1 Å². The van der Waals surface area contributed by atoms with Gasteiger partial charge in [-0.1, -0.05) is 30.3 Å². The third-order valence-electron chi connectivity index (χ3n) is 6.02. The van der Waals surface area contributed by atoms with Gasteiger partial charge in [-0.25, -0.2) is 4.98 Å². The zero-order valence-corrected chi connectivity index (χ0v) is 17.4. The first-order valence-electron chi connectivity index (χ1n) is 10.4. The molecule has 1 amide bonds. The van der Waals surface area contributed by atoms with Crippen molar-refractivity contribution in [3.63, 3.8) is 0 Å². The van der Waals surface area contributed by atoms with Gasteiger partial charge in [-0.05, 0) is 32.5 Å². The van der Waals surface area contributed by atoms with Crippen molar-refractivity contribution in [3.05, 3.63) is 53.6 Å². The fourth-order valence-electron chi connectivity index (χ4n) is 4.41. The molecule has 1 fully saturated rings. The predicted molar refractivity (Wildman–Crippen MR) is 111 cm³/mol. The van der Waals surface area contributed by atoms with Gasteiger partial charge in [-0.3, -0.25) is 10.1 Å². The van der Waals surface area contributed by atoms with Crippen LogP contribution in [0.3, 0.4) is 0 Å². The number of amides is 1. The van der Waals surface area contributed by atoms with Crippen molar-refractivity contribution in [2.45, 2.75) is 37.4 Å². The molecule has 0 saturated carbocycles. The number of likely N-dealkylation sites (N-methyl/N-ethyl adjacent to an activating group) is 1. The molecular weight excluding hydrogens is 366 g/mol. The highest BCUT2D eigenvalue weighted by Crippen LogP contribution is 2.37. The van der Waals surface area contributed by atoms with Crippen molar-refractivity contribution >= 4 is 5.91 Å². The number of nitrogens with zero attached hydrogens (tertiary/aromatic N) is 3. The number of hydrogen-bond acceptors (Lipinski definition) is 5. The molecular formula is C22H31N5O2. The molecule has 2 N–H and O–H groups in total. The monoisotopic (exact) mass is 397 g/mol. The van der Waals surface area contributed by atoms with Gasteiger partial charge in [0.2, 0.25) is 5.91 Å². The number of H-pyrrole nitrogens is 1. The molecule has 2 aliphatic heterocycles. The van der Waals surface area contributed by atoms with E-state index in [1.807, 2.05) is 37.2 Å². The molecule has 1 aromatic carbocycles. The van der Waals surface area contributed by atoms with Crippen LogP contribution in [-0.2, 0) is 28.0 Å². The van der Waals surface area contributed by atoms with E-state index in [-0.39, 0.29) is 17.5 Å². The number of nitrogens with one attached hydrogen (secondary N) is 2. The molecule has 1 saturated heterocycles. The van der Waals surface area contributed by atoms with Crippen molar-refractivity contribution in [2.75, 3.05) is 40.4 Å². The smallest absolute Gasteiger partial charge is 0.240 e. The molecule has 1 aromatic heterocycles. The molecule has 0 radical (unpaired) electrons. The molecule has 4 rings (SSSR count). The van der Waals surface area contributed by atoms with Crippen LogP contribution >= 0.6 is 0 Å². The minimum absolute atomic E-state index is 0.154. The van der Waals surface area contributed by atoms with E-state index in [1.165, 1.54) is 0 Å². The molecule has 3 heterocycles. The van der Waals surface area contributed by atoms with Gasteiger partial charge in [0.05, 0.1) is 23.6 Å². The van der Waals surface area contributed by atoms with Gasteiger partial charge in [0, 0.05) is 45.0 Å². The maximum absolute atomic E-state index is 13.7. The van der Waals surface area contributed by atoms with Crippen LogP contribution < -0.4 is 5.32 Å². The Morgan fingerprint density at radius 2 is 1.97 bits per heavy atom. The summed E-state index contributed by atoms with van der Waals surface area (Å²) in [5, 5.41) is 3.70. The van der Waals surface area contributed by atoms with Gasteiger partial charge in [-0.2, -0.15) is 0 Å². The van der Waals surface area contributed by atoms with Crippen LogP contribution in [0.15, 0.2) is 36.7 Å². The van der Waals surface area contributed by atoms with E-state index in [4.69, 9.17) is 4.74 Å². The SMILES string of the molecule is CN(C)CCN(Cc1ccccc1)C(=O)[C@@H]1Cc2[nH]cnc2C2(CCOCC2)N1. The van der Waals surface area contributed by atoms with Crippen LogP contribution in [0.2, 0.25) is 0 Å². The summed E-state index contributed by atoms with van der Waals surface area (Å²) in [5.41, 5.74) is 3.02. The Labute approximate surface area is 172 Å². The number of imidazole rings is 1. The number of carbonyl (C=O) groups excluding carboxylic acids is 1. The summed E-state index contributed by atoms with van der Waals surface area (Å²) >= 11 is 0. The second-order valence-electron chi connectivity index (χ2n) is 8.37. The van der Waals surface area contributed by atoms with Crippen LogP contribution in [0.5, 0.6) is 0 Å². The molecule has 7 heteroatoms. The van der Waals surface area contributed by atoms with Crippen molar-refractivity contribution < 1.29 is 9.53 Å². The summed E-state index contributed by atoms with van der Waals surface area (Å²) in [6, 6.07) is 9.96. The number of aromatic nitrogens is 2. The number of carbonyl (C=O) groups is 1. The first-order valence-corrected chi connectivity index (χ1v) is 10.4. The molecule has 2 aliphatic rings. The summed E-state index contributed by atoms with van der Waals surface area (Å²) in [6.45, 7) is 3.53. The standard InChI is InChI=1S/C22H31N5O2/c1-26(2)10-11-27(15-17-6-4-3-5-7-17)21(28)19-14-18-20(24-16-23-18)22(25-19)8-12-29-13-9-22/h3-7,16,19,25H,8-15H2,1-2H3,(H,23,24)/t19-/m0/s1. The second-order valence-corrected chi connectivity index (χ2v) is 8.37. The number of ether oxygens (including phenoxy) is 1. The Bertz CT molecular complexity index is 814. The molecule has 156 valence electrons. The van der Waals surface area contributed by atoms with E-state index in [9.17, 15) is 4.79 Å². The van der Waals surface area contributed by atoms with E-state index in [1.54, 1.807) is 6.33 Å². The van der Waals surface area contributed by atoms with Crippen LogP contribution in [0.25, 0.3) is 0 Å². The minimum Gasteiger partial charge on any atom is -0.381 e. The molecule has 2 aromatic rings. The zero-order valence-electron chi connectivity index (χ0n) is 17.4. The molecule has 29 heavy (non-hydrogen) atoms. The van der Waals surface area contributed by atoms with Crippen LogP contribution in [0, 0.1) is 0 Å². The molecule has 1 atom stereocenters. The highest BCUT2D eigenvalue weighted by molar-refractivity contribution is 5.82. The molecule has 1 spiro atoms. The summed E-state index contributed by atoms with van der Waals surface area (Å²) in [6.07, 6.45) is 4.07. The van der Waals surface area contributed by atoms with E-state index in [0.29, 0.717) is 32.7 Å². The third kappa shape index (κ3) is 4.37. The number of fused-ring (bicyclic) bond motifs is 2. The fourth-order valence-corrected chi connectivity index (χ4v) is 4.41. The van der Waals surface area contributed by atoms with Crippen molar-refractivity contribution in [1.82, 2.24) is 25.1 Å². The minimum atomic E-state index is -0.272. The highest BCUT2D eigenvalue weighted by atomic mass is 16.5. The Hall–Kier alpha value is -2.22. The predicted octanol–water partition coefficient (Wildman–Crippen LogP) is 1.52. The Morgan fingerprint density at radius 1 is 1.21 bits per heavy atom. The maximum Gasteiger partial charge on any atom is 0.240 e. The lowest BCUT2D eigenvalue weighted by Crippen LogP contribution is -2.60. The first-order chi connectivity index (χ1) is 14.1. The van der Waals surface area contributed by atoms with Gasteiger partial charge in [-0.15, -0.1) is 0 Å². The lowest BCUT2D eigenvalue weighted by Gasteiger charge is -2.44. The Balaban J connectivity index is 1.56. The van der Waals surface area contributed by atoms with E-state index in [2.05, 4.69) is 32.3 Å². The van der Waals surface area contributed by atoms with Crippen molar-refractivity contribution in [1.29, 1.82) is 0 Å². The molecule has 0 unspecified atom stereocenters. The quantitative estimate of drug-likeness (QED) is 0.773. The Kier molecular flexibility index (Phi) is 5.99. The van der Waals surface area contributed by atoms with Crippen LogP contribution in [0.1, 0.15) is 29.8 Å². The Morgan fingerprint density at radius 3 is 2.69 bits per heavy atom. The summed E-state index contributed by atoms with van der Waals surface area (Å²) in [4.78, 5) is 25.6. The van der Waals surface area contributed by atoms with Gasteiger partial charge < -0.3 is 19.5 Å². The van der Waals surface area contributed by atoms with Crippen molar-refractivity contribution in [2.24, 2.45) is 0 Å². The summed E-state index contributed by atoms with van der Waals surface area (Å²) in [5.74, 6) is 0.154. The highest BCUT2D eigenvalue weighted by Gasteiger charge is 2.45. The summed E-state index contributed by atoms with van der Waals surface area (Å²) < 4.78 is 5.60. The maximum atomic E-state index is 13.7. The number of rotatable bonds is 6. The lowest BCUT2D eigenvalue weighted by molar-refractivity contribution is -0.135. The van der Waals surface area contributed by atoms with Crippen LogP contribution in [0.4, 0.5) is 0 Å². The number of aromatic amines is 1. The molecule has 7 nitrogen and oxygen atoms in total. The second kappa shape index (κ2) is 8.65. The molecule has 0 bridgehead atoms. The fraction of sp³-hybridized carbons (Fsp3) is 0.545. The average molecular weight is 398 g/mol. The largest absolute Gasteiger partial charge is 0.381 e.